The molecule has 1 aliphatic heterocycles. The van der Waals surface area contributed by atoms with Crippen molar-refractivity contribution in [2.45, 2.75) is 29.9 Å². The Kier molecular flexibility index (Phi) is 8.45. The van der Waals surface area contributed by atoms with Gasteiger partial charge in [-0.3, -0.25) is 9.59 Å². The number of sulfone groups is 1. The lowest BCUT2D eigenvalue weighted by molar-refractivity contribution is 0.0594. The molecule has 4 rings (SSSR count). The van der Waals surface area contributed by atoms with Gasteiger partial charge in [-0.2, -0.15) is 0 Å². The number of aliphatic hydroxyl groups excluding tert-OH is 1. The van der Waals surface area contributed by atoms with Crippen LogP contribution in [0.15, 0.2) is 52.3 Å². The predicted molar refractivity (Wildman–Crippen MR) is 143 cm³/mol. The van der Waals surface area contributed by atoms with E-state index < -0.39 is 27.4 Å². The molecule has 3 aromatic rings. The smallest absolute Gasteiger partial charge is 0.255 e. The number of piperidine rings is 1. The molecule has 198 valence electrons. The number of aromatic nitrogens is 1. The van der Waals surface area contributed by atoms with Gasteiger partial charge < -0.3 is 25.0 Å². The third-order valence-electron chi connectivity index (χ3n) is 6.24. The Bertz CT molecular complexity index is 1470. The van der Waals surface area contributed by atoms with E-state index in [4.69, 9.17) is 27.9 Å². The average molecular weight is 568 g/mol. The number of fused-ring (bicyclic) bond motifs is 1. The second-order valence-electron chi connectivity index (χ2n) is 9.07. The zero-order chi connectivity index (χ0) is 26.7. The lowest BCUT2D eigenvalue weighted by Crippen LogP contribution is -2.45. The molecular weight excluding hydrogens is 541 g/mol. The van der Waals surface area contributed by atoms with Gasteiger partial charge in [-0.25, -0.2) is 8.42 Å². The van der Waals surface area contributed by atoms with Gasteiger partial charge in [0.25, 0.3) is 11.5 Å². The highest BCUT2D eigenvalue weighted by molar-refractivity contribution is 7.90. The Morgan fingerprint density at radius 3 is 2.57 bits per heavy atom. The molecule has 3 N–H and O–H groups in total. The molecule has 2 heterocycles. The van der Waals surface area contributed by atoms with Crippen molar-refractivity contribution in [3.05, 3.63) is 68.6 Å². The summed E-state index contributed by atoms with van der Waals surface area (Å²) in [6.07, 6.45) is 3.04. The highest BCUT2D eigenvalue weighted by Crippen LogP contribution is 2.28. The number of ether oxygens (including phenoxy) is 1. The normalized spacial score (nSPS) is 16.0. The largest absolute Gasteiger partial charge is 0.490 e. The molecule has 1 amide bonds. The number of aliphatic hydroxyl groups is 1. The first-order valence-corrected chi connectivity index (χ1v) is 14.3. The van der Waals surface area contributed by atoms with Crippen molar-refractivity contribution in [1.29, 1.82) is 0 Å². The molecule has 1 atom stereocenters. The highest BCUT2D eigenvalue weighted by Gasteiger charge is 2.23. The number of carbonyl (C=O) groups is 1. The number of likely N-dealkylation sites (tertiary alicyclic amines) is 1. The van der Waals surface area contributed by atoms with Crippen molar-refractivity contribution < 1.29 is 23.1 Å². The summed E-state index contributed by atoms with van der Waals surface area (Å²) >= 11 is 12.0. The van der Waals surface area contributed by atoms with E-state index in [0.717, 1.165) is 32.2 Å². The molecule has 0 spiro atoms. The first-order chi connectivity index (χ1) is 17.5. The molecular formula is C25H27Cl2N3O6S. The molecule has 0 bridgehead atoms. The third kappa shape index (κ3) is 6.82. The summed E-state index contributed by atoms with van der Waals surface area (Å²) in [5.41, 5.74) is -0.314. The number of rotatable bonds is 8. The third-order valence-corrected chi connectivity index (χ3v) is 8.09. The monoisotopic (exact) mass is 567 g/mol. The van der Waals surface area contributed by atoms with Crippen LogP contribution in [0, 0.1) is 0 Å². The Balaban J connectivity index is 1.31. The highest BCUT2D eigenvalue weighted by atomic mass is 35.5. The first kappa shape index (κ1) is 27.4. The lowest BCUT2D eigenvalue weighted by Gasteiger charge is -2.33. The van der Waals surface area contributed by atoms with Crippen LogP contribution in [0.2, 0.25) is 10.0 Å². The summed E-state index contributed by atoms with van der Waals surface area (Å²) in [5, 5.41) is 14.5. The second kappa shape index (κ2) is 11.4. The number of pyridine rings is 1. The SMILES string of the molecule is CS(=O)(=O)c1ccc2c(=O)[nH]cc(C(=O)NCC(O)CN3CCC(Oc4ccc(Cl)c(Cl)c4)CC3)c2c1. The summed E-state index contributed by atoms with van der Waals surface area (Å²) in [6, 6.07) is 9.19. The minimum Gasteiger partial charge on any atom is -0.490 e. The van der Waals surface area contributed by atoms with E-state index in [0.29, 0.717) is 22.3 Å². The number of nitrogens with zero attached hydrogens (tertiary/aromatic N) is 1. The number of carbonyl (C=O) groups excluding carboxylic acids is 1. The van der Waals surface area contributed by atoms with Crippen molar-refractivity contribution in [2.24, 2.45) is 0 Å². The number of H-pyrrole nitrogens is 1. The van der Waals surface area contributed by atoms with Gasteiger partial charge in [0.2, 0.25) is 0 Å². The molecule has 2 aromatic carbocycles. The maximum atomic E-state index is 12.8. The van der Waals surface area contributed by atoms with Gasteiger partial charge in [0.15, 0.2) is 9.84 Å². The number of hydrogen-bond acceptors (Lipinski definition) is 7. The van der Waals surface area contributed by atoms with E-state index in [1.165, 1.54) is 24.4 Å². The van der Waals surface area contributed by atoms with Gasteiger partial charge >= 0.3 is 0 Å². The number of hydrogen-bond donors (Lipinski definition) is 3. The standard InChI is InChI=1S/C25H27Cl2N3O6S/c1-37(34,35)18-3-4-19-20(11-18)21(13-29-24(19)32)25(33)28-12-15(31)14-30-8-6-16(7-9-30)36-17-2-5-22(26)23(27)10-17/h2-5,10-11,13,15-16,31H,6-9,12,14H2,1H3,(H,28,33)(H,29,32). The van der Waals surface area contributed by atoms with Crippen LogP contribution in [0.25, 0.3) is 10.8 Å². The molecule has 0 radical (unpaired) electrons. The Labute approximate surface area is 224 Å². The quantitative estimate of drug-likeness (QED) is 0.381. The predicted octanol–water partition coefficient (Wildman–Crippen LogP) is 2.87. The number of benzene rings is 2. The summed E-state index contributed by atoms with van der Waals surface area (Å²) in [7, 11) is -3.53. The molecule has 1 unspecified atom stereocenters. The average Bonchev–Trinajstić information content (AvgIpc) is 2.85. The number of amides is 1. The van der Waals surface area contributed by atoms with Crippen LogP contribution in [-0.2, 0) is 9.84 Å². The number of β-amino-alcohol motifs (C(OH)–C–C–N with tert-alkyl or cyclic N) is 1. The summed E-state index contributed by atoms with van der Waals surface area (Å²) in [4.78, 5) is 29.6. The molecule has 0 aliphatic carbocycles. The Hall–Kier alpha value is -2.63. The van der Waals surface area contributed by atoms with Crippen LogP contribution >= 0.6 is 23.2 Å². The van der Waals surface area contributed by atoms with Gasteiger partial charge in [-0.05, 0) is 43.2 Å². The zero-order valence-corrected chi connectivity index (χ0v) is 22.4. The van der Waals surface area contributed by atoms with E-state index in [9.17, 15) is 23.1 Å². The Morgan fingerprint density at radius 2 is 1.89 bits per heavy atom. The molecule has 1 saturated heterocycles. The summed E-state index contributed by atoms with van der Waals surface area (Å²) in [5.74, 6) is 0.133. The van der Waals surface area contributed by atoms with Crippen molar-refractivity contribution in [1.82, 2.24) is 15.2 Å². The van der Waals surface area contributed by atoms with Crippen molar-refractivity contribution in [3.8, 4) is 5.75 Å². The van der Waals surface area contributed by atoms with Gasteiger partial charge in [-0.1, -0.05) is 23.2 Å². The number of nitrogens with one attached hydrogen (secondary N) is 2. The number of halogens is 2. The van der Waals surface area contributed by atoms with E-state index in [-0.39, 0.29) is 33.9 Å². The topological polar surface area (TPSA) is 129 Å². The molecule has 9 nitrogen and oxygen atoms in total. The maximum Gasteiger partial charge on any atom is 0.255 e. The molecule has 0 saturated carbocycles. The van der Waals surface area contributed by atoms with Gasteiger partial charge in [0, 0.05) is 55.5 Å². The van der Waals surface area contributed by atoms with Crippen LogP contribution in [0.4, 0.5) is 0 Å². The molecule has 1 fully saturated rings. The fourth-order valence-corrected chi connectivity index (χ4v) is 5.21. The van der Waals surface area contributed by atoms with Crippen LogP contribution in [0.3, 0.4) is 0 Å². The van der Waals surface area contributed by atoms with Crippen molar-refractivity contribution in [3.63, 3.8) is 0 Å². The van der Waals surface area contributed by atoms with Gasteiger partial charge in [-0.15, -0.1) is 0 Å². The fourth-order valence-electron chi connectivity index (χ4n) is 4.28. The van der Waals surface area contributed by atoms with E-state index >= 15 is 0 Å². The lowest BCUT2D eigenvalue weighted by atomic mass is 10.1. The summed E-state index contributed by atoms with van der Waals surface area (Å²) < 4.78 is 29.9. The minimum absolute atomic E-state index is 0.00577. The van der Waals surface area contributed by atoms with Crippen LogP contribution in [-0.4, -0.2) is 74.0 Å². The first-order valence-electron chi connectivity index (χ1n) is 11.7. The van der Waals surface area contributed by atoms with Crippen molar-refractivity contribution >= 4 is 49.7 Å². The van der Waals surface area contributed by atoms with Crippen LogP contribution < -0.4 is 15.6 Å². The molecule has 37 heavy (non-hydrogen) atoms. The van der Waals surface area contributed by atoms with Crippen LogP contribution in [0.5, 0.6) is 5.75 Å². The summed E-state index contributed by atoms with van der Waals surface area (Å²) in [6.45, 7) is 1.79. The van der Waals surface area contributed by atoms with E-state index in [1.54, 1.807) is 18.2 Å². The zero-order valence-electron chi connectivity index (χ0n) is 20.0. The fraction of sp³-hybridized carbons (Fsp3) is 0.360. The van der Waals surface area contributed by atoms with Crippen LogP contribution in [0.1, 0.15) is 23.2 Å². The van der Waals surface area contributed by atoms with Gasteiger partial charge in [0.05, 0.1) is 26.6 Å². The second-order valence-corrected chi connectivity index (χ2v) is 11.9. The molecule has 1 aliphatic rings. The van der Waals surface area contributed by atoms with Crippen molar-refractivity contribution in [2.75, 3.05) is 32.4 Å². The maximum absolute atomic E-state index is 12.8. The number of aromatic amines is 1. The Morgan fingerprint density at radius 1 is 1.16 bits per heavy atom. The van der Waals surface area contributed by atoms with Gasteiger partial charge in [0.1, 0.15) is 11.9 Å². The minimum atomic E-state index is -3.53. The van der Waals surface area contributed by atoms with E-state index in [1.807, 2.05) is 0 Å². The van der Waals surface area contributed by atoms with E-state index in [2.05, 4.69) is 15.2 Å². The molecule has 12 heteroatoms. The molecule has 1 aromatic heterocycles.